The van der Waals surface area contributed by atoms with E-state index in [1.807, 2.05) is 35.1 Å². The maximum Gasteiger partial charge on any atom is 0.124 e. The van der Waals surface area contributed by atoms with E-state index < -0.39 is 6.10 Å². The number of halogens is 1. The van der Waals surface area contributed by atoms with Gasteiger partial charge in [-0.25, -0.2) is 0 Å². The lowest BCUT2D eigenvalue weighted by Crippen LogP contribution is -2.11. The number of nitrogens with zero attached hydrogens (tertiary/aromatic N) is 3. The molecule has 1 N–H and O–H groups in total. The molecule has 0 saturated carbocycles. The summed E-state index contributed by atoms with van der Waals surface area (Å²) in [6, 6.07) is 7.94. The molecule has 3 aromatic rings. The first kappa shape index (κ1) is 14.2. The number of hydrogen-bond acceptors (Lipinski definition) is 3. The molecule has 0 bridgehead atoms. The lowest BCUT2D eigenvalue weighted by Gasteiger charge is -2.16. The van der Waals surface area contributed by atoms with Crippen LogP contribution in [-0.4, -0.2) is 19.9 Å². The lowest BCUT2D eigenvalue weighted by atomic mass is 10.0. The summed E-state index contributed by atoms with van der Waals surface area (Å²) in [5, 5.41) is 17.2. The fourth-order valence-corrected chi connectivity index (χ4v) is 3.05. The van der Waals surface area contributed by atoms with Crippen molar-refractivity contribution in [2.75, 3.05) is 0 Å². The van der Waals surface area contributed by atoms with E-state index in [4.69, 9.17) is 0 Å². The standard InChI is InChI=1S/C16H16BrN3O/c1-2-7-20-15(14(17)10-19-20)16(21)13-9-18-8-11-5-3-4-6-12(11)13/h3-6,8-10,16,21H,2,7H2,1H3. The smallest absolute Gasteiger partial charge is 0.124 e. The predicted molar refractivity (Wildman–Crippen MR) is 86.0 cm³/mol. The Labute approximate surface area is 131 Å². The molecule has 0 radical (unpaired) electrons. The third-order valence-corrected chi connectivity index (χ3v) is 4.13. The molecule has 0 aliphatic rings. The maximum atomic E-state index is 10.8. The molecule has 2 heterocycles. The van der Waals surface area contributed by atoms with Crippen LogP contribution in [0.4, 0.5) is 0 Å². The van der Waals surface area contributed by atoms with Crippen molar-refractivity contribution in [2.45, 2.75) is 26.0 Å². The zero-order chi connectivity index (χ0) is 14.8. The molecule has 0 spiro atoms. The SMILES string of the molecule is CCCn1ncc(Br)c1C(O)c1cncc2ccccc12. The fraction of sp³-hybridized carbons (Fsp3) is 0.250. The van der Waals surface area contributed by atoms with Gasteiger partial charge in [-0.3, -0.25) is 9.67 Å². The van der Waals surface area contributed by atoms with Crippen molar-refractivity contribution in [3.8, 4) is 0 Å². The Morgan fingerprint density at radius 1 is 1.24 bits per heavy atom. The van der Waals surface area contributed by atoms with E-state index in [-0.39, 0.29) is 0 Å². The number of benzene rings is 1. The van der Waals surface area contributed by atoms with Crippen molar-refractivity contribution in [1.29, 1.82) is 0 Å². The molecule has 1 atom stereocenters. The Morgan fingerprint density at radius 2 is 2.05 bits per heavy atom. The maximum absolute atomic E-state index is 10.8. The van der Waals surface area contributed by atoms with Gasteiger partial charge < -0.3 is 5.11 Å². The summed E-state index contributed by atoms with van der Waals surface area (Å²) >= 11 is 3.49. The van der Waals surface area contributed by atoms with Gasteiger partial charge in [0, 0.05) is 29.9 Å². The summed E-state index contributed by atoms with van der Waals surface area (Å²) in [5.74, 6) is 0. The van der Waals surface area contributed by atoms with Gasteiger partial charge in [-0.1, -0.05) is 31.2 Å². The van der Waals surface area contributed by atoms with Crippen LogP contribution in [0, 0.1) is 0 Å². The number of aliphatic hydroxyl groups excluding tert-OH is 1. The Balaban J connectivity index is 2.13. The van der Waals surface area contributed by atoms with E-state index in [1.165, 1.54) is 0 Å². The van der Waals surface area contributed by atoms with E-state index in [9.17, 15) is 5.11 Å². The summed E-state index contributed by atoms with van der Waals surface area (Å²) in [4.78, 5) is 4.24. The molecule has 108 valence electrons. The fourth-order valence-electron chi connectivity index (χ4n) is 2.54. The summed E-state index contributed by atoms with van der Waals surface area (Å²) in [6.07, 6.45) is 5.47. The van der Waals surface area contributed by atoms with Crippen LogP contribution in [0.3, 0.4) is 0 Å². The molecule has 3 rings (SSSR count). The monoisotopic (exact) mass is 345 g/mol. The molecule has 0 aliphatic carbocycles. The number of rotatable bonds is 4. The quantitative estimate of drug-likeness (QED) is 0.784. The van der Waals surface area contributed by atoms with Gasteiger partial charge in [0.15, 0.2) is 0 Å². The van der Waals surface area contributed by atoms with Crippen LogP contribution in [0.1, 0.15) is 30.7 Å². The van der Waals surface area contributed by atoms with E-state index in [0.717, 1.165) is 39.5 Å². The van der Waals surface area contributed by atoms with Crippen molar-refractivity contribution in [3.63, 3.8) is 0 Å². The summed E-state index contributed by atoms with van der Waals surface area (Å²) in [5.41, 5.74) is 1.57. The van der Waals surface area contributed by atoms with Gasteiger partial charge in [0.25, 0.3) is 0 Å². The molecular weight excluding hydrogens is 330 g/mol. The van der Waals surface area contributed by atoms with Gasteiger partial charge in [-0.05, 0) is 27.7 Å². The van der Waals surface area contributed by atoms with E-state index in [2.05, 4.69) is 32.9 Å². The average Bonchev–Trinajstić information content (AvgIpc) is 2.87. The predicted octanol–water partition coefficient (Wildman–Crippen LogP) is 3.69. The molecular formula is C16H16BrN3O. The van der Waals surface area contributed by atoms with Crippen LogP contribution in [-0.2, 0) is 6.54 Å². The normalized spacial score (nSPS) is 12.7. The van der Waals surface area contributed by atoms with E-state index in [0.29, 0.717) is 0 Å². The molecule has 0 saturated heterocycles. The second-order valence-electron chi connectivity index (χ2n) is 4.95. The molecule has 21 heavy (non-hydrogen) atoms. The van der Waals surface area contributed by atoms with Gasteiger partial charge in [-0.15, -0.1) is 0 Å². The molecule has 1 aromatic carbocycles. The first-order valence-corrected chi connectivity index (χ1v) is 7.73. The third-order valence-electron chi connectivity index (χ3n) is 3.52. The molecule has 1 unspecified atom stereocenters. The minimum Gasteiger partial charge on any atom is -0.382 e. The van der Waals surface area contributed by atoms with Gasteiger partial charge in [0.05, 0.1) is 16.4 Å². The van der Waals surface area contributed by atoms with Crippen LogP contribution in [0.5, 0.6) is 0 Å². The Hall–Kier alpha value is -1.72. The second kappa shape index (κ2) is 5.95. The summed E-state index contributed by atoms with van der Waals surface area (Å²) in [7, 11) is 0. The number of hydrogen-bond donors (Lipinski definition) is 1. The number of fused-ring (bicyclic) bond motifs is 1. The highest BCUT2D eigenvalue weighted by molar-refractivity contribution is 9.10. The molecule has 5 heteroatoms. The van der Waals surface area contributed by atoms with Crippen molar-refractivity contribution >= 4 is 26.7 Å². The first-order valence-electron chi connectivity index (χ1n) is 6.94. The minimum absolute atomic E-state index is 0.757. The van der Waals surface area contributed by atoms with Gasteiger partial charge in [-0.2, -0.15) is 5.10 Å². The topological polar surface area (TPSA) is 50.9 Å². The van der Waals surface area contributed by atoms with Crippen molar-refractivity contribution in [2.24, 2.45) is 0 Å². The second-order valence-corrected chi connectivity index (χ2v) is 5.81. The lowest BCUT2D eigenvalue weighted by molar-refractivity contribution is 0.207. The molecule has 0 fully saturated rings. The van der Waals surface area contributed by atoms with Crippen molar-refractivity contribution < 1.29 is 5.11 Å². The van der Waals surface area contributed by atoms with Crippen molar-refractivity contribution in [1.82, 2.24) is 14.8 Å². The number of aryl methyl sites for hydroxylation is 1. The van der Waals surface area contributed by atoms with E-state index >= 15 is 0 Å². The van der Waals surface area contributed by atoms with Crippen LogP contribution in [0.2, 0.25) is 0 Å². The first-order chi connectivity index (χ1) is 10.2. The largest absolute Gasteiger partial charge is 0.382 e. The van der Waals surface area contributed by atoms with Gasteiger partial charge >= 0.3 is 0 Å². The summed E-state index contributed by atoms with van der Waals surface area (Å²) < 4.78 is 2.66. The van der Waals surface area contributed by atoms with Crippen molar-refractivity contribution in [3.05, 3.63) is 58.6 Å². The third kappa shape index (κ3) is 2.59. The minimum atomic E-state index is -0.757. The van der Waals surface area contributed by atoms with Gasteiger partial charge in [0.1, 0.15) is 6.10 Å². The van der Waals surface area contributed by atoms with Gasteiger partial charge in [0.2, 0.25) is 0 Å². The number of aromatic nitrogens is 3. The average molecular weight is 346 g/mol. The highest BCUT2D eigenvalue weighted by Gasteiger charge is 2.21. The number of aliphatic hydroxyl groups is 1. The van der Waals surface area contributed by atoms with Crippen LogP contribution >= 0.6 is 15.9 Å². The highest BCUT2D eigenvalue weighted by Crippen LogP contribution is 2.32. The number of pyridine rings is 1. The van der Waals surface area contributed by atoms with Crippen LogP contribution < -0.4 is 0 Å². The van der Waals surface area contributed by atoms with Crippen LogP contribution in [0.15, 0.2) is 47.3 Å². The van der Waals surface area contributed by atoms with Crippen LogP contribution in [0.25, 0.3) is 10.8 Å². The zero-order valence-corrected chi connectivity index (χ0v) is 13.3. The molecule has 2 aromatic heterocycles. The highest BCUT2D eigenvalue weighted by atomic mass is 79.9. The van der Waals surface area contributed by atoms with E-state index in [1.54, 1.807) is 12.4 Å². The molecule has 0 amide bonds. The molecule has 0 aliphatic heterocycles. The Bertz CT molecular complexity index is 764. The molecule has 4 nitrogen and oxygen atoms in total. The Kier molecular flexibility index (Phi) is 4.03. The summed E-state index contributed by atoms with van der Waals surface area (Å²) in [6.45, 7) is 2.86. The zero-order valence-electron chi connectivity index (χ0n) is 11.7. The Morgan fingerprint density at radius 3 is 2.86 bits per heavy atom.